The van der Waals surface area contributed by atoms with Crippen LogP contribution in [-0.4, -0.2) is 47.8 Å². The van der Waals surface area contributed by atoms with Crippen molar-refractivity contribution in [1.82, 2.24) is 10.6 Å². The van der Waals surface area contributed by atoms with Crippen LogP contribution in [0.2, 0.25) is 0 Å². The Morgan fingerprint density at radius 1 is 1.53 bits per heavy atom. The second-order valence-electron chi connectivity index (χ2n) is 3.81. The Labute approximate surface area is 87.7 Å². The van der Waals surface area contributed by atoms with Crippen molar-refractivity contribution in [2.45, 2.75) is 13.0 Å². The van der Waals surface area contributed by atoms with Gasteiger partial charge < -0.3 is 20.8 Å². The lowest BCUT2D eigenvalue weighted by atomic mass is 9.88. The van der Waals surface area contributed by atoms with Gasteiger partial charge >= 0.3 is 5.97 Å². The largest absolute Gasteiger partial charge is 0.479 e. The SMILES string of the molecule is CC(C(=O)NCC(O)C(=O)O)C1CNC1. The maximum absolute atomic E-state index is 11.5. The standard InChI is InChI=1S/C9H16N2O4/c1-5(6-2-10-3-6)8(13)11-4-7(12)9(14)15/h5-7,10,12H,2-4H2,1H3,(H,11,13)(H,14,15). The summed E-state index contributed by atoms with van der Waals surface area (Å²) >= 11 is 0. The van der Waals surface area contributed by atoms with Crippen molar-refractivity contribution in [3.8, 4) is 0 Å². The normalized spacial score (nSPS) is 20.1. The molecule has 4 N–H and O–H groups in total. The summed E-state index contributed by atoms with van der Waals surface area (Å²) in [7, 11) is 0. The quantitative estimate of drug-likeness (QED) is 0.444. The number of hydrogen-bond donors (Lipinski definition) is 4. The van der Waals surface area contributed by atoms with Gasteiger partial charge in [-0.3, -0.25) is 4.79 Å². The van der Waals surface area contributed by atoms with Crippen molar-refractivity contribution in [3.63, 3.8) is 0 Å². The number of carboxylic acid groups (broad SMARTS) is 1. The molecule has 0 radical (unpaired) electrons. The van der Waals surface area contributed by atoms with E-state index in [-0.39, 0.29) is 18.4 Å². The number of hydrogen-bond acceptors (Lipinski definition) is 4. The molecule has 0 aromatic heterocycles. The van der Waals surface area contributed by atoms with Crippen LogP contribution in [0.25, 0.3) is 0 Å². The van der Waals surface area contributed by atoms with Gasteiger partial charge in [-0.15, -0.1) is 0 Å². The van der Waals surface area contributed by atoms with Crippen LogP contribution in [0.3, 0.4) is 0 Å². The van der Waals surface area contributed by atoms with Gasteiger partial charge in [0.25, 0.3) is 0 Å². The third-order valence-corrected chi connectivity index (χ3v) is 2.69. The van der Waals surface area contributed by atoms with Gasteiger partial charge in [0.1, 0.15) is 0 Å². The summed E-state index contributed by atoms with van der Waals surface area (Å²) in [4.78, 5) is 21.7. The minimum atomic E-state index is -1.53. The summed E-state index contributed by atoms with van der Waals surface area (Å²) in [6.45, 7) is 3.19. The highest BCUT2D eigenvalue weighted by atomic mass is 16.4. The summed E-state index contributed by atoms with van der Waals surface area (Å²) in [5.74, 6) is -1.37. The number of rotatable bonds is 5. The van der Waals surface area contributed by atoms with Crippen LogP contribution >= 0.6 is 0 Å². The first-order chi connectivity index (χ1) is 7.02. The smallest absolute Gasteiger partial charge is 0.334 e. The highest BCUT2D eigenvalue weighted by molar-refractivity contribution is 5.80. The van der Waals surface area contributed by atoms with Crippen LogP contribution in [0.5, 0.6) is 0 Å². The Bertz CT molecular complexity index is 252. The van der Waals surface area contributed by atoms with Crippen LogP contribution in [-0.2, 0) is 9.59 Å². The molecule has 6 nitrogen and oxygen atoms in total. The van der Waals surface area contributed by atoms with Crippen LogP contribution in [0.15, 0.2) is 0 Å². The first kappa shape index (κ1) is 11.9. The van der Waals surface area contributed by atoms with Gasteiger partial charge in [-0.1, -0.05) is 6.92 Å². The molecular weight excluding hydrogens is 200 g/mol. The zero-order chi connectivity index (χ0) is 11.4. The Morgan fingerprint density at radius 2 is 2.13 bits per heavy atom. The molecule has 6 heteroatoms. The Balaban J connectivity index is 2.25. The van der Waals surface area contributed by atoms with Gasteiger partial charge in [0.05, 0.1) is 6.54 Å². The third-order valence-electron chi connectivity index (χ3n) is 2.69. The number of amides is 1. The number of aliphatic hydroxyl groups is 1. The van der Waals surface area contributed by atoms with E-state index in [9.17, 15) is 9.59 Å². The molecule has 2 atom stereocenters. The minimum absolute atomic E-state index is 0.146. The molecule has 0 aromatic carbocycles. The van der Waals surface area contributed by atoms with E-state index in [2.05, 4.69) is 10.6 Å². The first-order valence-corrected chi connectivity index (χ1v) is 4.91. The monoisotopic (exact) mass is 216 g/mol. The fourth-order valence-electron chi connectivity index (χ4n) is 1.32. The van der Waals surface area contributed by atoms with Crippen LogP contribution in [0.4, 0.5) is 0 Å². The number of carbonyl (C=O) groups is 2. The Hall–Kier alpha value is -1.14. The molecule has 1 aliphatic heterocycles. The summed E-state index contributed by atoms with van der Waals surface area (Å²) in [5, 5.41) is 22.8. The number of aliphatic carboxylic acids is 1. The van der Waals surface area contributed by atoms with Crippen molar-refractivity contribution >= 4 is 11.9 Å². The number of carboxylic acids is 1. The Morgan fingerprint density at radius 3 is 2.53 bits per heavy atom. The molecule has 0 bridgehead atoms. The Kier molecular flexibility index (Phi) is 4.05. The highest BCUT2D eigenvalue weighted by Gasteiger charge is 2.29. The lowest BCUT2D eigenvalue weighted by Crippen LogP contribution is -2.50. The van der Waals surface area contributed by atoms with E-state index in [4.69, 9.17) is 10.2 Å². The third kappa shape index (κ3) is 3.17. The van der Waals surface area contributed by atoms with Crippen LogP contribution < -0.4 is 10.6 Å². The first-order valence-electron chi connectivity index (χ1n) is 4.91. The predicted octanol–water partition coefficient (Wildman–Crippen LogP) is -1.60. The molecule has 2 unspecified atom stereocenters. The van der Waals surface area contributed by atoms with Crippen molar-refractivity contribution in [2.24, 2.45) is 11.8 Å². The van der Waals surface area contributed by atoms with E-state index in [1.807, 2.05) is 0 Å². The topological polar surface area (TPSA) is 98.7 Å². The van der Waals surface area contributed by atoms with E-state index in [1.54, 1.807) is 6.92 Å². The molecule has 86 valence electrons. The number of carbonyl (C=O) groups excluding carboxylic acids is 1. The van der Waals surface area contributed by atoms with Crippen LogP contribution in [0.1, 0.15) is 6.92 Å². The molecule has 1 heterocycles. The molecule has 1 aliphatic rings. The van der Waals surface area contributed by atoms with E-state index in [0.29, 0.717) is 5.92 Å². The second kappa shape index (κ2) is 5.09. The molecule has 1 saturated heterocycles. The average molecular weight is 216 g/mol. The van der Waals surface area contributed by atoms with E-state index in [1.165, 1.54) is 0 Å². The summed E-state index contributed by atoms with van der Waals surface area (Å²) < 4.78 is 0. The minimum Gasteiger partial charge on any atom is -0.479 e. The number of aliphatic hydroxyl groups excluding tert-OH is 1. The molecule has 0 aromatic rings. The van der Waals surface area contributed by atoms with Crippen LogP contribution in [0, 0.1) is 11.8 Å². The maximum Gasteiger partial charge on any atom is 0.334 e. The maximum atomic E-state index is 11.5. The van der Waals surface area contributed by atoms with E-state index < -0.39 is 12.1 Å². The van der Waals surface area contributed by atoms with Gasteiger partial charge in [0, 0.05) is 5.92 Å². The van der Waals surface area contributed by atoms with Crippen molar-refractivity contribution < 1.29 is 19.8 Å². The van der Waals surface area contributed by atoms with E-state index >= 15 is 0 Å². The predicted molar refractivity (Wildman–Crippen MR) is 52.2 cm³/mol. The lowest BCUT2D eigenvalue weighted by molar-refractivity contribution is -0.146. The molecule has 0 spiro atoms. The summed E-state index contributed by atoms with van der Waals surface area (Å²) in [6.07, 6.45) is -1.53. The molecule has 1 fully saturated rings. The average Bonchev–Trinajstić information content (AvgIpc) is 2.10. The molecule has 15 heavy (non-hydrogen) atoms. The van der Waals surface area contributed by atoms with Crippen molar-refractivity contribution in [3.05, 3.63) is 0 Å². The zero-order valence-corrected chi connectivity index (χ0v) is 8.56. The number of nitrogens with one attached hydrogen (secondary N) is 2. The van der Waals surface area contributed by atoms with Gasteiger partial charge in [-0.25, -0.2) is 4.79 Å². The van der Waals surface area contributed by atoms with Gasteiger partial charge in [-0.2, -0.15) is 0 Å². The molecule has 1 rings (SSSR count). The molecule has 0 saturated carbocycles. The van der Waals surface area contributed by atoms with E-state index in [0.717, 1.165) is 13.1 Å². The lowest BCUT2D eigenvalue weighted by Gasteiger charge is -2.31. The van der Waals surface area contributed by atoms with Gasteiger partial charge in [-0.05, 0) is 19.0 Å². The van der Waals surface area contributed by atoms with Gasteiger partial charge in [0.2, 0.25) is 5.91 Å². The second-order valence-corrected chi connectivity index (χ2v) is 3.81. The molecule has 1 amide bonds. The highest BCUT2D eigenvalue weighted by Crippen LogP contribution is 2.15. The fourth-order valence-corrected chi connectivity index (χ4v) is 1.32. The molecule has 0 aliphatic carbocycles. The fraction of sp³-hybridized carbons (Fsp3) is 0.778. The van der Waals surface area contributed by atoms with Crippen molar-refractivity contribution in [2.75, 3.05) is 19.6 Å². The van der Waals surface area contributed by atoms with Gasteiger partial charge in [0.15, 0.2) is 6.10 Å². The molecular formula is C9H16N2O4. The summed E-state index contributed by atoms with van der Waals surface area (Å²) in [5.41, 5.74) is 0. The van der Waals surface area contributed by atoms with Crippen molar-refractivity contribution in [1.29, 1.82) is 0 Å². The zero-order valence-electron chi connectivity index (χ0n) is 8.56. The summed E-state index contributed by atoms with van der Waals surface area (Å²) in [6, 6.07) is 0.